The molecule has 0 unspecified atom stereocenters. The van der Waals surface area contributed by atoms with Crippen LogP contribution >= 0.6 is 0 Å². The van der Waals surface area contributed by atoms with Crippen LogP contribution in [0.3, 0.4) is 0 Å². The molecule has 0 radical (unpaired) electrons. The van der Waals surface area contributed by atoms with Gasteiger partial charge < -0.3 is 4.74 Å². The Labute approximate surface area is 167 Å². The van der Waals surface area contributed by atoms with Gasteiger partial charge in [0, 0.05) is 18.5 Å². The molecule has 1 saturated heterocycles. The number of imide groups is 1. The number of esters is 1. The lowest BCUT2D eigenvalue weighted by molar-refractivity contribution is -0.143. The minimum atomic E-state index is -4.42. The Morgan fingerprint density at radius 3 is 2.38 bits per heavy atom. The zero-order valence-corrected chi connectivity index (χ0v) is 16.3. The molecule has 158 valence electrons. The van der Waals surface area contributed by atoms with Gasteiger partial charge in [0.2, 0.25) is 5.91 Å². The van der Waals surface area contributed by atoms with Crippen LogP contribution in [0.1, 0.15) is 56.6 Å². The van der Waals surface area contributed by atoms with Crippen LogP contribution in [0.5, 0.6) is 0 Å². The van der Waals surface area contributed by atoms with Crippen molar-refractivity contribution in [2.24, 2.45) is 0 Å². The van der Waals surface area contributed by atoms with Crippen LogP contribution in [0.15, 0.2) is 29.8 Å². The molecule has 0 saturated carbocycles. The van der Waals surface area contributed by atoms with Gasteiger partial charge in [0.05, 0.1) is 18.6 Å². The van der Waals surface area contributed by atoms with Crippen LogP contribution in [-0.4, -0.2) is 35.8 Å². The van der Waals surface area contributed by atoms with E-state index in [1.807, 2.05) is 0 Å². The Balaban J connectivity index is 1.83. The summed E-state index contributed by atoms with van der Waals surface area (Å²) < 4.78 is 42.7. The van der Waals surface area contributed by atoms with Gasteiger partial charge in [0.1, 0.15) is 0 Å². The molecular formula is C21H24F3NO4. The first-order valence-corrected chi connectivity index (χ1v) is 9.60. The number of benzene rings is 1. The lowest BCUT2D eigenvalue weighted by atomic mass is 10.1. The second-order valence-corrected chi connectivity index (χ2v) is 6.79. The van der Waals surface area contributed by atoms with Crippen molar-refractivity contribution < 1.29 is 32.3 Å². The summed E-state index contributed by atoms with van der Waals surface area (Å²) in [5.74, 6) is -0.934. The fourth-order valence-electron chi connectivity index (χ4n) is 3.06. The van der Waals surface area contributed by atoms with Crippen molar-refractivity contribution in [2.75, 3.05) is 13.2 Å². The lowest BCUT2D eigenvalue weighted by Gasteiger charge is -2.13. The average molecular weight is 411 g/mol. The zero-order chi connectivity index (χ0) is 21.4. The van der Waals surface area contributed by atoms with Gasteiger partial charge in [0.25, 0.3) is 5.91 Å². The Bertz CT molecular complexity index is 769. The van der Waals surface area contributed by atoms with E-state index in [9.17, 15) is 27.6 Å². The highest BCUT2D eigenvalue weighted by molar-refractivity contribution is 6.15. The standard InChI is InChI=1S/C21H24F3NO4/c1-2-29-19(27)7-5-3-4-6-12-25-18(26)14-16(20(25)28)13-15-8-10-17(11-9-15)21(22,23)24/h8-11,13H,2-7,12,14H2,1H3/b16-13+. The number of nitrogens with zero attached hydrogens (tertiary/aromatic N) is 1. The maximum Gasteiger partial charge on any atom is 0.416 e. The van der Waals surface area contributed by atoms with Crippen molar-refractivity contribution in [3.05, 3.63) is 41.0 Å². The Morgan fingerprint density at radius 1 is 1.10 bits per heavy atom. The van der Waals surface area contributed by atoms with E-state index in [1.165, 1.54) is 23.1 Å². The predicted octanol–water partition coefficient (Wildman–Crippen LogP) is 4.36. The van der Waals surface area contributed by atoms with Gasteiger partial charge in [-0.3, -0.25) is 19.3 Å². The predicted molar refractivity (Wildman–Crippen MR) is 100 cm³/mol. The van der Waals surface area contributed by atoms with E-state index in [0.717, 1.165) is 25.0 Å². The molecule has 1 aromatic carbocycles. The zero-order valence-electron chi connectivity index (χ0n) is 16.3. The molecule has 29 heavy (non-hydrogen) atoms. The number of ether oxygens (including phenoxy) is 1. The van der Waals surface area contributed by atoms with Gasteiger partial charge in [-0.25, -0.2) is 0 Å². The van der Waals surface area contributed by atoms with Gasteiger partial charge in [-0.05, 0) is 43.5 Å². The minimum absolute atomic E-state index is 0.0529. The number of unbranched alkanes of at least 4 members (excludes halogenated alkanes) is 3. The van der Waals surface area contributed by atoms with E-state index >= 15 is 0 Å². The number of likely N-dealkylation sites (tertiary alicyclic amines) is 1. The van der Waals surface area contributed by atoms with E-state index in [4.69, 9.17) is 4.74 Å². The molecule has 8 heteroatoms. The first kappa shape index (κ1) is 22.6. The average Bonchev–Trinajstić information content (AvgIpc) is 2.91. The summed E-state index contributed by atoms with van der Waals surface area (Å²) in [6.45, 7) is 2.41. The molecule has 0 bridgehead atoms. The smallest absolute Gasteiger partial charge is 0.416 e. The second-order valence-electron chi connectivity index (χ2n) is 6.79. The molecule has 0 N–H and O–H groups in total. The summed E-state index contributed by atoms with van der Waals surface area (Å²) >= 11 is 0. The van der Waals surface area contributed by atoms with Crippen LogP contribution in [0.25, 0.3) is 6.08 Å². The van der Waals surface area contributed by atoms with Crippen LogP contribution in [-0.2, 0) is 25.3 Å². The van der Waals surface area contributed by atoms with Crippen LogP contribution in [0.4, 0.5) is 13.2 Å². The molecule has 5 nitrogen and oxygen atoms in total. The van der Waals surface area contributed by atoms with Crippen molar-refractivity contribution in [1.29, 1.82) is 0 Å². The Morgan fingerprint density at radius 2 is 1.76 bits per heavy atom. The lowest BCUT2D eigenvalue weighted by Crippen LogP contribution is -2.30. The first-order chi connectivity index (χ1) is 13.7. The molecule has 1 aliphatic rings. The van der Waals surface area contributed by atoms with Crippen molar-refractivity contribution in [3.63, 3.8) is 0 Å². The molecule has 1 heterocycles. The third kappa shape index (κ3) is 6.73. The molecule has 0 spiro atoms. The summed E-state index contributed by atoms with van der Waals surface area (Å²) in [5, 5.41) is 0. The van der Waals surface area contributed by atoms with Gasteiger partial charge in [-0.1, -0.05) is 25.0 Å². The summed E-state index contributed by atoms with van der Waals surface area (Å²) in [5.41, 5.74) is -0.0508. The quantitative estimate of drug-likeness (QED) is 0.262. The van der Waals surface area contributed by atoms with Gasteiger partial charge in [-0.15, -0.1) is 0 Å². The third-order valence-corrected chi connectivity index (χ3v) is 4.56. The van der Waals surface area contributed by atoms with Crippen LogP contribution < -0.4 is 0 Å². The minimum Gasteiger partial charge on any atom is -0.466 e. The number of carbonyl (C=O) groups is 3. The fourth-order valence-corrected chi connectivity index (χ4v) is 3.06. The number of hydrogen-bond acceptors (Lipinski definition) is 4. The number of hydrogen-bond donors (Lipinski definition) is 0. The summed E-state index contributed by atoms with van der Waals surface area (Å²) in [6.07, 6.45) is 0.237. The fraction of sp³-hybridized carbons (Fsp3) is 0.476. The number of amides is 2. The van der Waals surface area contributed by atoms with E-state index < -0.39 is 17.6 Å². The first-order valence-electron chi connectivity index (χ1n) is 9.60. The molecule has 0 aromatic heterocycles. The van der Waals surface area contributed by atoms with E-state index in [2.05, 4.69) is 0 Å². The van der Waals surface area contributed by atoms with Crippen molar-refractivity contribution >= 4 is 23.9 Å². The van der Waals surface area contributed by atoms with E-state index in [-0.39, 0.29) is 23.9 Å². The molecule has 1 fully saturated rings. The topological polar surface area (TPSA) is 63.7 Å². The molecule has 1 aromatic rings. The largest absolute Gasteiger partial charge is 0.466 e. The van der Waals surface area contributed by atoms with E-state index in [1.54, 1.807) is 6.92 Å². The second kappa shape index (κ2) is 10.2. The summed E-state index contributed by atoms with van der Waals surface area (Å²) in [4.78, 5) is 37.0. The van der Waals surface area contributed by atoms with Crippen molar-refractivity contribution in [3.8, 4) is 0 Å². The number of halogens is 3. The maximum atomic E-state index is 12.6. The highest BCUT2D eigenvalue weighted by Crippen LogP contribution is 2.30. The highest BCUT2D eigenvalue weighted by atomic mass is 19.4. The third-order valence-electron chi connectivity index (χ3n) is 4.56. The molecular weight excluding hydrogens is 387 g/mol. The Kier molecular flexibility index (Phi) is 7.99. The SMILES string of the molecule is CCOC(=O)CCCCCCN1C(=O)C/C(=C\c2ccc(C(F)(F)F)cc2)C1=O. The molecule has 0 atom stereocenters. The highest BCUT2D eigenvalue weighted by Gasteiger charge is 2.33. The van der Waals surface area contributed by atoms with Crippen LogP contribution in [0.2, 0.25) is 0 Å². The van der Waals surface area contributed by atoms with E-state index in [0.29, 0.717) is 38.0 Å². The van der Waals surface area contributed by atoms with Crippen LogP contribution in [0, 0.1) is 0 Å². The monoisotopic (exact) mass is 411 g/mol. The molecule has 2 rings (SSSR count). The summed E-state index contributed by atoms with van der Waals surface area (Å²) in [6, 6.07) is 4.45. The number of carbonyl (C=O) groups excluding carboxylic acids is 3. The summed E-state index contributed by atoms with van der Waals surface area (Å²) in [7, 11) is 0. The number of alkyl halides is 3. The molecule has 2 amide bonds. The van der Waals surface area contributed by atoms with Gasteiger partial charge in [-0.2, -0.15) is 13.2 Å². The van der Waals surface area contributed by atoms with Crippen molar-refractivity contribution in [2.45, 2.75) is 51.6 Å². The van der Waals surface area contributed by atoms with Gasteiger partial charge >= 0.3 is 12.1 Å². The maximum absolute atomic E-state index is 12.6. The van der Waals surface area contributed by atoms with Crippen molar-refractivity contribution in [1.82, 2.24) is 4.90 Å². The van der Waals surface area contributed by atoms with Gasteiger partial charge in [0.15, 0.2) is 0 Å². The molecule has 1 aliphatic heterocycles. The normalized spacial score (nSPS) is 16.0. The number of rotatable bonds is 9. The molecule has 0 aliphatic carbocycles. The Hall–Kier alpha value is -2.64.